The van der Waals surface area contributed by atoms with E-state index in [2.05, 4.69) is 159 Å². The van der Waals surface area contributed by atoms with Gasteiger partial charge in [-0.05, 0) is 74.2 Å². The maximum absolute atomic E-state index is 4.99. The number of aromatic nitrogens is 4. The van der Waals surface area contributed by atoms with Gasteiger partial charge in [-0.25, -0.2) is 0 Å². The van der Waals surface area contributed by atoms with Crippen molar-refractivity contribution in [3.8, 4) is 44.5 Å². The van der Waals surface area contributed by atoms with Crippen molar-refractivity contribution in [1.82, 2.24) is 19.9 Å². The van der Waals surface area contributed by atoms with Crippen molar-refractivity contribution >= 4 is 22.1 Å². The number of benzene rings is 4. The Morgan fingerprint density at radius 2 is 0.500 bits per heavy atom. The summed E-state index contributed by atoms with van der Waals surface area (Å²) >= 11 is 0. The summed E-state index contributed by atoms with van der Waals surface area (Å²) in [6.45, 7) is 8.43. The zero-order valence-corrected chi connectivity index (χ0v) is 27.8. The molecule has 0 saturated carbocycles. The van der Waals surface area contributed by atoms with Crippen LogP contribution in [0.25, 0.3) is 66.6 Å². The van der Waals surface area contributed by atoms with Crippen LogP contribution in [0, 0.1) is 27.7 Å². The van der Waals surface area contributed by atoms with Crippen LogP contribution in [0.1, 0.15) is 22.3 Å². The van der Waals surface area contributed by atoms with Crippen LogP contribution in [0.5, 0.6) is 0 Å². The lowest BCUT2D eigenvalue weighted by Crippen LogP contribution is -1.84. The summed E-state index contributed by atoms with van der Waals surface area (Å²) in [5.41, 5.74) is 17.1. The van der Waals surface area contributed by atoms with Crippen LogP contribution in [0.2, 0.25) is 0 Å². The zero-order valence-electron chi connectivity index (χ0n) is 27.8. The van der Waals surface area contributed by atoms with E-state index in [-0.39, 0.29) is 0 Å². The van der Waals surface area contributed by atoms with Crippen molar-refractivity contribution in [1.29, 1.82) is 0 Å². The van der Waals surface area contributed by atoms with Gasteiger partial charge in [0.05, 0.1) is 0 Å². The fourth-order valence-corrected chi connectivity index (χ4v) is 5.92. The summed E-state index contributed by atoms with van der Waals surface area (Å²) in [4.78, 5) is 17.4. The number of aromatic amines is 2. The van der Waals surface area contributed by atoms with Gasteiger partial charge in [0.25, 0.3) is 0 Å². The summed E-state index contributed by atoms with van der Waals surface area (Å²) < 4.78 is 0. The largest absolute Gasteiger partial charge is 0.354 e. The van der Waals surface area contributed by atoms with Gasteiger partial charge in [-0.3, -0.25) is 9.97 Å². The third-order valence-corrected chi connectivity index (χ3v) is 8.80. The average Bonchev–Trinajstić information content (AvgIpc) is 3.78. The molecule has 0 aliphatic rings. The maximum Gasteiger partial charge on any atom is 0.0480 e. The Balaban J connectivity index is 1.58. The molecule has 3 aromatic heterocycles. The number of rotatable bonds is 4. The number of nitrogens with zero attached hydrogens (tertiary/aromatic N) is 2. The molecule has 0 radical (unpaired) electrons. The average molecular weight is 623 g/mol. The summed E-state index contributed by atoms with van der Waals surface area (Å²) in [5, 5.41) is 0. The normalized spacial score (nSPS) is 10.9. The van der Waals surface area contributed by atoms with Gasteiger partial charge < -0.3 is 9.97 Å². The lowest BCUT2D eigenvalue weighted by atomic mass is 10.1. The number of hydrogen-bond donors (Lipinski definition) is 2. The van der Waals surface area contributed by atoms with Crippen molar-refractivity contribution in [2.45, 2.75) is 27.7 Å². The second-order valence-corrected chi connectivity index (χ2v) is 12.5. The van der Waals surface area contributed by atoms with Crippen LogP contribution >= 0.6 is 0 Å². The van der Waals surface area contributed by atoms with Crippen LogP contribution < -0.4 is 0 Å². The van der Waals surface area contributed by atoms with E-state index in [4.69, 9.17) is 9.97 Å². The quantitative estimate of drug-likeness (QED) is 0.205. The Bertz CT molecular complexity index is 2010. The van der Waals surface area contributed by atoms with E-state index in [9.17, 15) is 0 Å². The Morgan fingerprint density at radius 1 is 0.292 bits per heavy atom. The Morgan fingerprint density at radius 3 is 0.708 bits per heavy atom. The van der Waals surface area contributed by atoms with Gasteiger partial charge in [0.15, 0.2) is 0 Å². The van der Waals surface area contributed by atoms with Gasteiger partial charge in [0, 0.05) is 69.1 Å². The summed E-state index contributed by atoms with van der Waals surface area (Å²) in [6.07, 6.45) is 7.84. The first-order valence-electron chi connectivity index (χ1n) is 16.3. The van der Waals surface area contributed by atoms with E-state index in [0.29, 0.717) is 0 Å². The van der Waals surface area contributed by atoms with E-state index in [1.165, 1.54) is 22.3 Å². The molecular formula is C44H38N4. The molecule has 0 atom stereocenters. The minimum atomic E-state index is 0.978. The smallest absolute Gasteiger partial charge is 0.0480 e. The molecule has 0 aliphatic heterocycles. The second-order valence-electron chi connectivity index (χ2n) is 12.5. The highest BCUT2D eigenvalue weighted by atomic mass is 14.7. The van der Waals surface area contributed by atoms with Crippen molar-refractivity contribution in [3.63, 3.8) is 0 Å². The molecule has 0 spiro atoms. The molecule has 234 valence electrons. The number of aryl methyl sites for hydroxylation is 4. The molecule has 0 saturated heterocycles. The third-order valence-electron chi connectivity index (χ3n) is 8.80. The van der Waals surface area contributed by atoms with Crippen LogP contribution in [0.4, 0.5) is 0 Å². The highest BCUT2D eigenvalue weighted by Crippen LogP contribution is 2.30. The van der Waals surface area contributed by atoms with Crippen molar-refractivity contribution in [3.05, 3.63) is 168 Å². The van der Waals surface area contributed by atoms with Crippen molar-refractivity contribution < 1.29 is 0 Å². The summed E-state index contributed by atoms with van der Waals surface area (Å²) in [7, 11) is 0. The van der Waals surface area contributed by atoms with Gasteiger partial charge in [-0.2, -0.15) is 0 Å². The SMILES string of the molecule is Cc1ccc(-c2cncc(-c3ccc(C)cc3)c3ccc([nH]3)c(-c3ccc(C)cc3)cncc(-c3ccc(C)cc3)c3ccc2[nH]3)cc1. The molecule has 4 aromatic carbocycles. The molecule has 0 amide bonds. The molecule has 0 unspecified atom stereocenters. The van der Waals surface area contributed by atoms with Gasteiger partial charge in [0.2, 0.25) is 0 Å². The number of nitrogens with one attached hydrogen (secondary N) is 2. The van der Waals surface area contributed by atoms with E-state index in [1.54, 1.807) is 0 Å². The first kappa shape index (κ1) is 30.6. The predicted molar refractivity (Wildman–Crippen MR) is 202 cm³/mol. The minimum absolute atomic E-state index is 0.978. The number of fused-ring (bicyclic) bond motifs is 4. The van der Waals surface area contributed by atoms with Crippen LogP contribution in [0.3, 0.4) is 0 Å². The first-order chi connectivity index (χ1) is 23.4. The van der Waals surface area contributed by atoms with Crippen molar-refractivity contribution in [2.75, 3.05) is 0 Å². The minimum Gasteiger partial charge on any atom is -0.354 e. The Labute approximate surface area is 281 Å². The highest BCUT2D eigenvalue weighted by Gasteiger charge is 2.08. The molecule has 2 N–H and O–H groups in total. The molecule has 7 rings (SSSR count). The molecule has 48 heavy (non-hydrogen) atoms. The molecule has 4 bridgehead atoms. The van der Waals surface area contributed by atoms with Gasteiger partial charge in [-0.1, -0.05) is 119 Å². The van der Waals surface area contributed by atoms with Crippen LogP contribution in [-0.4, -0.2) is 19.9 Å². The number of H-pyrrole nitrogens is 2. The third kappa shape index (κ3) is 6.60. The van der Waals surface area contributed by atoms with Crippen LogP contribution in [0.15, 0.2) is 146 Å². The van der Waals surface area contributed by atoms with Crippen LogP contribution in [-0.2, 0) is 0 Å². The van der Waals surface area contributed by atoms with Gasteiger partial charge in [-0.15, -0.1) is 0 Å². The lowest BCUT2D eigenvalue weighted by molar-refractivity contribution is 1.34. The Hall–Kier alpha value is -6.00. The van der Waals surface area contributed by atoms with E-state index >= 15 is 0 Å². The zero-order chi connectivity index (χ0) is 33.0. The molecular weight excluding hydrogens is 585 g/mol. The van der Waals surface area contributed by atoms with E-state index < -0.39 is 0 Å². The van der Waals surface area contributed by atoms with E-state index in [0.717, 1.165) is 66.6 Å². The monoisotopic (exact) mass is 622 g/mol. The summed E-state index contributed by atoms with van der Waals surface area (Å²) in [6, 6.07) is 42.9. The fraction of sp³-hybridized carbons (Fsp3) is 0.0909. The highest BCUT2D eigenvalue weighted by molar-refractivity contribution is 5.88. The topological polar surface area (TPSA) is 57.4 Å². The standard InChI is InChI=1S/C44H38N4/c1-29-5-13-33(14-6-29)37-25-45-26-38(34-15-7-30(2)8-16-34)43-23-24-44(48-43)40(36-19-11-32(4)12-20-36)28-46-27-39(42-22-21-41(37)47-42)35-17-9-31(3)10-18-35/h5-28,47-48H,1-4H3. The Kier molecular flexibility index (Phi) is 8.55. The lowest BCUT2D eigenvalue weighted by Gasteiger charge is -2.04. The number of hydrogen-bond acceptors (Lipinski definition) is 2. The fourth-order valence-electron chi connectivity index (χ4n) is 5.92. The predicted octanol–water partition coefficient (Wildman–Crippen LogP) is 11.6. The maximum atomic E-state index is 4.99. The first-order valence-corrected chi connectivity index (χ1v) is 16.3. The second kappa shape index (κ2) is 13.4. The molecule has 4 heteroatoms. The van der Waals surface area contributed by atoms with Gasteiger partial charge >= 0.3 is 0 Å². The summed E-state index contributed by atoms with van der Waals surface area (Å²) in [5.74, 6) is 0. The molecule has 0 fully saturated rings. The van der Waals surface area contributed by atoms with Crippen molar-refractivity contribution in [2.24, 2.45) is 0 Å². The molecule has 3 heterocycles. The van der Waals surface area contributed by atoms with Gasteiger partial charge in [0.1, 0.15) is 0 Å². The molecule has 4 nitrogen and oxygen atoms in total. The molecule has 0 aliphatic carbocycles. The molecule has 7 aromatic rings. The van der Waals surface area contributed by atoms with E-state index in [1.807, 2.05) is 24.8 Å².